The highest BCUT2D eigenvalue weighted by Crippen LogP contribution is 2.10. The van der Waals surface area contributed by atoms with E-state index in [0.29, 0.717) is 0 Å². The number of anilines is 1. The minimum atomic E-state index is 0.856. The maximum absolute atomic E-state index is 5.21. The average molecular weight is 125 g/mol. The van der Waals surface area contributed by atoms with E-state index in [4.69, 9.17) is 4.42 Å². The number of hydrogen-bond acceptors (Lipinski definition) is 2. The lowest BCUT2D eigenvalue weighted by atomic mass is 10.5. The third-order valence-electron chi connectivity index (χ3n) is 1.09. The highest BCUT2D eigenvalue weighted by atomic mass is 16.4. The molecule has 0 unspecified atom stereocenters. The van der Waals surface area contributed by atoms with Crippen molar-refractivity contribution in [3.05, 3.63) is 17.9 Å². The number of rotatable bonds is 2. The summed E-state index contributed by atoms with van der Waals surface area (Å²) in [7, 11) is 0. The van der Waals surface area contributed by atoms with Gasteiger partial charge in [-0.1, -0.05) is 0 Å². The van der Waals surface area contributed by atoms with Crippen LogP contribution in [0.15, 0.2) is 16.5 Å². The minimum Gasteiger partial charge on any atom is -0.446 e. The molecule has 1 heterocycles. The molecular formula is C7H11NO. The van der Waals surface area contributed by atoms with Crippen LogP contribution < -0.4 is 5.32 Å². The summed E-state index contributed by atoms with van der Waals surface area (Å²) >= 11 is 0. The van der Waals surface area contributed by atoms with Gasteiger partial charge in [0.15, 0.2) is 5.88 Å². The Morgan fingerprint density at radius 2 is 2.33 bits per heavy atom. The third kappa shape index (κ3) is 1.49. The van der Waals surface area contributed by atoms with Gasteiger partial charge in [0.25, 0.3) is 0 Å². The second kappa shape index (κ2) is 2.58. The molecule has 0 bridgehead atoms. The van der Waals surface area contributed by atoms with E-state index in [0.717, 1.165) is 18.2 Å². The van der Waals surface area contributed by atoms with E-state index in [1.54, 1.807) is 0 Å². The van der Waals surface area contributed by atoms with Crippen molar-refractivity contribution in [2.24, 2.45) is 0 Å². The predicted octanol–water partition coefficient (Wildman–Crippen LogP) is 2.02. The summed E-state index contributed by atoms with van der Waals surface area (Å²) in [6.45, 7) is 4.88. The van der Waals surface area contributed by atoms with Crippen molar-refractivity contribution < 1.29 is 4.42 Å². The van der Waals surface area contributed by atoms with Gasteiger partial charge in [0.2, 0.25) is 0 Å². The number of furan rings is 1. The maximum atomic E-state index is 5.21. The molecule has 0 fully saturated rings. The number of nitrogens with one attached hydrogen (secondary N) is 1. The molecule has 0 spiro atoms. The van der Waals surface area contributed by atoms with Crippen LogP contribution in [-0.2, 0) is 0 Å². The molecule has 0 radical (unpaired) electrons. The van der Waals surface area contributed by atoms with Crippen molar-refractivity contribution in [3.63, 3.8) is 0 Å². The van der Waals surface area contributed by atoms with E-state index in [-0.39, 0.29) is 0 Å². The lowest BCUT2D eigenvalue weighted by Gasteiger charge is -1.93. The zero-order valence-electron chi connectivity index (χ0n) is 5.77. The van der Waals surface area contributed by atoms with Gasteiger partial charge in [0, 0.05) is 12.6 Å². The van der Waals surface area contributed by atoms with Crippen molar-refractivity contribution in [2.75, 3.05) is 11.9 Å². The van der Waals surface area contributed by atoms with Crippen LogP contribution >= 0.6 is 0 Å². The summed E-state index contributed by atoms with van der Waals surface area (Å²) in [5, 5.41) is 3.06. The van der Waals surface area contributed by atoms with Gasteiger partial charge in [-0.2, -0.15) is 0 Å². The van der Waals surface area contributed by atoms with Crippen LogP contribution in [0, 0.1) is 6.92 Å². The molecule has 1 N–H and O–H groups in total. The van der Waals surface area contributed by atoms with Crippen molar-refractivity contribution in [1.29, 1.82) is 0 Å². The zero-order valence-corrected chi connectivity index (χ0v) is 5.77. The third-order valence-corrected chi connectivity index (χ3v) is 1.09. The van der Waals surface area contributed by atoms with Gasteiger partial charge in [0.05, 0.1) is 0 Å². The van der Waals surface area contributed by atoms with E-state index in [2.05, 4.69) is 5.32 Å². The van der Waals surface area contributed by atoms with Gasteiger partial charge in [-0.3, -0.25) is 0 Å². The van der Waals surface area contributed by atoms with Gasteiger partial charge in [0.1, 0.15) is 5.76 Å². The quantitative estimate of drug-likeness (QED) is 0.654. The van der Waals surface area contributed by atoms with Gasteiger partial charge >= 0.3 is 0 Å². The van der Waals surface area contributed by atoms with Crippen molar-refractivity contribution >= 4 is 5.88 Å². The Morgan fingerprint density at radius 3 is 2.78 bits per heavy atom. The highest BCUT2D eigenvalue weighted by molar-refractivity contribution is 5.31. The average Bonchev–Trinajstić information content (AvgIpc) is 2.17. The molecule has 0 atom stereocenters. The summed E-state index contributed by atoms with van der Waals surface area (Å²) in [5.41, 5.74) is 0. The van der Waals surface area contributed by atoms with E-state index in [1.807, 2.05) is 26.0 Å². The van der Waals surface area contributed by atoms with Crippen molar-refractivity contribution in [2.45, 2.75) is 13.8 Å². The van der Waals surface area contributed by atoms with Crippen molar-refractivity contribution in [3.8, 4) is 0 Å². The first kappa shape index (κ1) is 6.20. The van der Waals surface area contributed by atoms with Gasteiger partial charge in [-0.15, -0.1) is 0 Å². The molecule has 0 amide bonds. The van der Waals surface area contributed by atoms with Crippen LogP contribution in [0.5, 0.6) is 0 Å². The molecule has 2 heteroatoms. The second-order valence-electron chi connectivity index (χ2n) is 1.94. The molecular weight excluding hydrogens is 114 g/mol. The normalized spacial score (nSPS) is 9.56. The van der Waals surface area contributed by atoms with E-state index in [9.17, 15) is 0 Å². The van der Waals surface area contributed by atoms with Crippen molar-refractivity contribution in [1.82, 2.24) is 0 Å². The molecule has 0 aliphatic rings. The molecule has 1 aromatic rings. The summed E-state index contributed by atoms with van der Waals surface area (Å²) in [4.78, 5) is 0. The first-order chi connectivity index (χ1) is 4.33. The molecule has 0 saturated heterocycles. The fraction of sp³-hybridized carbons (Fsp3) is 0.429. The lowest BCUT2D eigenvalue weighted by molar-refractivity contribution is 0.547. The Hall–Kier alpha value is -0.920. The van der Waals surface area contributed by atoms with Crippen LogP contribution in [0.2, 0.25) is 0 Å². The Bertz CT molecular complexity index is 181. The van der Waals surface area contributed by atoms with E-state index < -0.39 is 0 Å². The predicted molar refractivity (Wildman–Crippen MR) is 37.6 cm³/mol. The minimum absolute atomic E-state index is 0.856. The lowest BCUT2D eigenvalue weighted by Crippen LogP contribution is -1.93. The molecule has 50 valence electrons. The molecule has 9 heavy (non-hydrogen) atoms. The molecule has 0 saturated carbocycles. The smallest absolute Gasteiger partial charge is 0.193 e. The monoisotopic (exact) mass is 125 g/mol. The Morgan fingerprint density at radius 1 is 1.56 bits per heavy atom. The summed E-state index contributed by atoms with van der Waals surface area (Å²) < 4.78 is 5.21. The maximum Gasteiger partial charge on any atom is 0.193 e. The second-order valence-corrected chi connectivity index (χ2v) is 1.94. The number of hydrogen-bond donors (Lipinski definition) is 1. The zero-order chi connectivity index (χ0) is 6.69. The first-order valence-corrected chi connectivity index (χ1v) is 3.13. The van der Waals surface area contributed by atoms with E-state index >= 15 is 0 Å². The largest absolute Gasteiger partial charge is 0.446 e. The van der Waals surface area contributed by atoms with Crippen LogP contribution in [0.3, 0.4) is 0 Å². The van der Waals surface area contributed by atoms with Crippen LogP contribution in [-0.4, -0.2) is 6.54 Å². The molecule has 1 rings (SSSR count). The summed E-state index contributed by atoms with van der Waals surface area (Å²) in [6, 6.07) is 3.87. The Kier molecular flexibility index (Phi) is 1.78. The summed E-state index contributed by atoms with van der Waals surface area (Å²) in [6.07, 6.45) is 0. The topological polar surface area (TPSA) is 25.2 Å². The SMILES string of the molecule is CCNc1ccc(C)o1. The first-order valence-electron chi connectivity index (χ1n) is 3.13. The van der Waals surface area contributed by atoms with Crippen LogP contribution in [0.4, 0.5) is 5.88 Å². The van der Waals surface area contributed by atoms with Gasteiger partial charge in [-0.05, 0) is 19.9 Å². The summed E-state index contributed by atoms with van der Waals surface area (Å²) in [5.74, 6) is 1.81. The number of aryl methyl sites for hydroxylation is 1. The van der Waals surface area contributed by atoms with E-state index in [1.165, 1.54) is 0 Å². The molecule has 0 aromatic carbocycles. The molecule has 0 aliphatic carbocycles. The Labute approximate surface area is 54.9 Å². The van der Waals surface area contributed by atoms with Crippen LogP contribution in [0.25, 0.3) is 0 Å². The van der Waals surface area contributed by atoms with Crippen LogP contribution in [0.1, 0.15) is 12.7 Å². The Balaban J connectivity index is 2.61. The highest BCUT2D eigenvalue weighted by Gasteiger charge is 1.92. The molecule has 1 aromatic heterocycles. The fourth-order valence-electron chi connectivity index (χ4n) is 0.704. The fourth-order valence-corrected chi connectivity index (χ4v) is 0.704. The molecule has 0 aliphatic heterocycles. The molecule has 2 nitrogen and oxygen atoms in total. The van der Waals surface area contributed by atoms with Gasteiger partial charge in [-0.25, -0.2) is 0 Å². The standard InChI is InChI=1S/C7H11NO/c1-3-8-7-5-4-6(2)9-7/h4-5,8H,3H2,1-2H3. The van der Waals surface area contributed by atoms with Gasteiger partial charge < -0.3 is 9.73 Å².